The van der Waals surface area contributed by atoms with Crippen molar-refractivity contribution < 1.29 is 5.11 Å². The monoisotopic (exact) mass is 253 g/mol. The van der Waals surface area contributed by atoms with Gasteiger partial charge in [0.15, 0.2) is 0 Å². The molecule has 0 bridgehead atoms. The predicted octanol–water partition coefficient (Wildman–Crippen LogP) is 3.49. The first-order valence-corrected chi connectivity index (χ1v) is 8.06. The van der Waals surface area contributed by atoms with Gasteiger partial charge in [0.1, 0.15) is 0 Å². The van der Waals surface area contributed by atoms with Crippen molar-refractivity contribution in [2.75, 3.05) is 6.61 Å². The second-order valence-corrected chi connectivity index (χ2v) is 6.89. The zero-order chi connectivity index (χ0) is 13.0. The highest BCUT2D eigenvalue weighted by atomic mass is 16.3. The molecule has 0 aliphatic heterocycles. The van der Waals surface area contributed by atoms with E-state index in [2.05, 4.69) is 19.2 Å². The number of nitrogens with one attached hydrogen (secondary N) is 1. The molecule has 2 rings (SSSR count). The van der Waals surface area contributed by atoms with E-state index >= 15 is 0 Å². The molecule has 2 fully saturated rings. The third-order valence-electron chi connectivity index (χ3n) is 5.47. The maximum Gasteiger partial charge on any atom is 0.0613 e. The third-order valence-corrected chi connectivity index (χ3v) is 5.47. The molecule has 2 nitrogen and oxygen atoms in total. The van der Waals surface area contributed by atoms with Gasteiger partial charge in [-0.15, -0.1) is 0 Å². The Balaban J connectivity index is 1.83. The molecule has 2 aliphatic carbocycles. The Morgan fingerprint density at radius 2 is 1.67 bits per heavy atom. The van der Waals surface area contributed by atoms with E-state index in [1.807, 2.05) is 0 Å². The molecule has 0 spiro atoms. The van der Waals surface area contributed by atoms with Crippen LogP contribution in [0, 0.1) is 11.8 Å². The standard InChI is InChI=1S/C16H31NO/c1-3-14-4-6-15(7-5-14)17-16(12-18)10-8-13(2)9-11-16/h13-15,17-18H,3-12H2,1-2H3. The SMILES string of the molecule is CCC1CCC(NC2(CO)CCC(C)CC2)CC1. The first-order chi connectivity index (χ1) is 8.67. The minimum Gasteiger partial charge on any atom is -0.394 e. The second-order valence-electron chi connectivity index (χ2n) is 6.89. The molecule has 106 valence electrons. The van der Waals surface area contributed by atoms with Crippen LogP contribution in [0.25, 0.3) is 0 Å². The molecule has 0 heterocycles. The quantitative estimate of drug-likeness (QED) is 0.804. The fourth-order valence-electron chi connectivity index (χ4n) is 3.81. The van der Waals surface area contributed by atoms with Crippen LogP contribution >= 0.6 is 0 Å². The first-order valence-electron chi connectivity index (χ1n) is 8.06. The molecule has 0 aromatic carbocycles. The Labute approximate surface area is 113 Å². The predicted molar refractivity (Wildman–Crippen MR) is 76.6 cm³/mol. The molecule has 0 radical (unpaired) electrons. The van der Waals surface area contributed by atoms with Gasteiger partial charge in [0.2, 0.25) is 0 Å². The van der Waals surface area contributed by atoms with Gasteiger partial charge in [0, 0.05) is 11.6 Å². The van der Waals surface area contributed by atoms with Crippen LogP contribution in [0.1, 0.15) is 71.6 Å². The van der Waals surface area contributed by atoms with Crippen LogP contribution in [0.5, 0.6) is 0 Å². The van der Waals surface area contributed by atoms with Crippen LogP contribution in [0.4, 0.5) is 0 Å². The Morgan fingerprint density at radius 1 is 1.06 bits per heavy atom. The van der Waals surface area contributed by atoms with Crippen LogP contribution in [-0.2, 0) is 0 Å². The van der Waals surface area contributed by atoms with E-state index in [9.17, 15) is 5.11 Å². The summed E-state index contributed by atoms with van der Waals surface area (Å²) in [6.07, 6.45) is 11.6. The lowest BCUT2D eigenvalue weighted by Gasteiger charge is -2.43. The van der Waals surface area contributed by atoms with Crippen LogP contribution in [0.2, 0.25) is 0 Å². The minimum atomic E-state index is 0.0518. The van der Waals surface area contributed by atoms with Crippen LogP contribution in [-0.4, -0.2) is 23.3 Å². The number of hydrogen-bond acceptors (Lipinski definition) is 2. The van der Waals surface area contributed by atoms with Gasteiger partial charge in [0.05, 0.1) is 6.61 Å². The number of aliphatic hydroxyl groups excluding tert-OH is 1. The van der Waals surface area contributed by atoms with Crippen molar-refractivity contribution in [2.24, 2.45) is 11.8 Å². The summed E-state index contributed by atoms with van der Waals surface area (Å²) < 4.78 is 0. The summed E-state index contributed by atoms with van der Waals surface area (Å²) in [7, 11) is 0. The minimum absolute atomic E-state index is 0.0518. The van der Waals surface area contributed by atoms with E-state index in [-0.39, 0.29) is 5.54 Å². The van der Waals surface area contributed by atoms with Gasteiger partial charge in [0.25, 0.3) is 0 Å². The van der Waals surface area contributed by atoms with Crippen molar-refractivity contribution in [2.45, 2.75) is 83.2 Å². The van der Waals surface area contributed by atoms with Crippen molar-refractivity contribution in [3.05, 3.63) is 0 Å². The first kappa shape index (κ1) is 14.3. The Bertz CT molecular complexity index is 237. The summed E-state index contributed by atoms with van der Waals surface area (Å²) in [6.45, 7) is 4.98. The van der Waals surface area contributed by atoms with Gasteiger partial charge in [-0.2, -0.15) is 0 Å². The highest BCUT2D eigenvalue weighted by Gasteiger charge is 2.35. The van der Waals surface area contributed by atoms with Gasteiger partial charge in [-0.25, -0.2) is 0 Å². The molecule has 18 heavy (non-hydrogen) atoms. The fraction of sp³-hybridized carbons (Fsp3) is 1.00. The summed E-state index contributed by atoms with van der Waals surface area (Å²) in [5, 5.41) is 13.6. The van der Waals surface area contributed by atoms with E-state index < -0.39 is 0 Å². The summed E-state index contributed by atoms with van der Waals surface area (Å²) in [5.41, 5.74) is 0.0518. The number of hydrogen-bond donors (Lipinski definition) is 2. The van der Waals surface area contributed by atoms with Gasteiger partial charge in [-0.3, -0.25) is 0 Å². The molecule has 0 amide bonds. The van der Waals surface area contributed by atoms with Gasteiger partial charge < -0.3 is 10.4 Å². The van der Waals surface area contributed by atoms with E-state index in [4.69, 9.17) is 0 Å². The molecule has 2 saturated carbocycles. The van der Waals surface area contributed by atoms with E-state index in [0.29, 0.717) is 12.6 Å². The lowest BCUT2D eigenvalue weighted by atomic mass is 9.76. The topological polar surface area (TPSA) is 32.3 Å². The maximum atomic E-state index is 9.79. The van der Waals surface area contributed by atoms with Crippen molar-refractivity contribution in [1.82, 2.24) is 5.32 Å². The molecule has 0 aromatic rings. The molecular weight excluding hydrogens is 222 g/mol. The van der Waals surface area contributed by atoms with Gasteiger partial charge in [-0.1, -0.05) is 20.3 Å². The van der Waals surface area contributed by atoms with Crippen LogP contribution in [0.3, 0.4) is 0 Å². The molecule has 0 saturated heterocycles. The number of rotatable bonds is 4. The van der Waals surface area contributed by atoms with Crippen molar-refractivity contribution in [3.63, 3.8) is 0 Å². The third kappa shape index (κ3) is 3.48. The molecule has 0 aromatic heterocycles. The fourth-order valence-corrected chi connectivity index (χ4v) is 3.81. The lowest BCUT2D eigenvalue weighted by Crippen LogP contribution is -2.55. The van der Waals surface area contributed by atoms with Gasteiger partial charge in [-0.05, 0) is 63.2 Å². The van der Waals surface area contributed by atoms with E-state index in [0.717, 1.165) is 11.8 Å². The van der Waals surface area contributed by atoms with Crippen molar-refractivity contribution in [3.8, 4) is 0 Å². The average Bonchev–Trinajstić information content (AvgIpc) is 2.43. The maximum absolute atomic E-state index is 9.79. The highest BCUT2D eigenvalue weighted by Crippen LogP contribution is 2.34. The van der Waals surface area contributed by atoms with Crippen LogP contribution < -0.4 is 5.32 Å². The molecular formula is C16H31NO. The number of aliphatic hydroxyl groups is 1. The van der Waals surface area contributed by atoms with Crippen molar-refractivity contribution >= 4 is 0 Å². The van der Waals surface area contributed by atoms with E-state index in [1.165, 1.54) is 57.8 Å². The average molecular weight is 253 g/mol. The summed E-state index contributed by atoms with van der Waals surface area (Å²) in [4.78, 5) is 0. The summed E-state index contributed by atoms with van der Waals surface area (Å²) >= 11 is 0. The normalized spacial score (nSPS) is 41.8. The second kappa shape index (κ2) is 6.38. The van der Waals surface area contributed by atoms with Crippen LogP contribution in [0.15, 0.2) is 0 Å². The zero-order valence-electron chi connectivity index (χ0n) is 12.3. The smallest absolute Gasteiger partial charge is 0.0613 e. The van der Waals surface area contributed by atoms with Crippen molar-refractivity contribution in [1.29, 1.82) is 0 Å². The van der Waals surface area contributed by atoms with E-state index in [1.54, 1.807) is 0 Å². The Kier molecular flexibility index (Phi) is 5.08. The molecule has 2 N–H and O–H groups in total. The molecule has 0 unspecified atom stereocenters. The Morgan fingerprint density at radius 3 is 2.17 bits per heavy atom. The molecule has 0 atom stereocenters. The molecule has 2 aliphatic rings. The largest absolute Gasteiger partial charge is 0.394 e. The summed E-state index contributed by atoms with van der Waals surface area (Å²) in [6, 6.07) is 0.661. The molecule has 2 heteroatoms. The zero-order valence-corrected chi connectivity index (χ0v) is 12.3. The lowest BCUT2D eigenvalue weighted by molar-refractivity contribution is 0.0841. The van der Waals surface area contributed by atoms with Gasteiger partial charge >= 0.3 is 0 Å². The summed E-state index contributed by atoms with van der Waals surface area (Å²) in [5.74, 6) is 1.81. The highest BCUT2D eigenvalue weighted by molar-refractivity contribution is 4.95. The Hall–Kier alpha value is -0.0800.